The van der Waals surface area contributed by atoms with Gasteiger partial charge in [-0.05, 0) is 49.4 Å². The lowest BCUT2D eigenvalue weighted by atomic mass is 9.98. The quantitative estimate of drug-likeness (QED) is 0.673. The maximum absolute atomic E-state index is 12.3. The first kappa shape index (κ1) is 21.8. The Balaban J connectivity index is 1.55. The number of amides is 1. The van der Waals surface area contributed by atoms with E-state index in [2.05, 4.69) is 29.6 Å². The number of nitrogens with one attached hydrogen (secondary N) is 1. The van der Waals surface area contributed by atoms with Crippen molar-refractivity contribution < 1.29 is 24.2 Å². The predicted octanol–water partition coefficient (Wildman–Crippen LogP) is 4.01. The SMILES string of the molecule is CC(C)(C)OC(=O)CC[C@@H](CO)NC(=O)OCC1c2ccccc2-c2ccccc21. The van der Waals surface area contributed by atoms with Crippen molar-refractivity contribution in [2.45, 2.75) is 51.2 Å². The van der Waals surface area contributed by atoms with E-state index < -0.39 is 17.7 Å². The van der Waals surface area contributed by atoms with Crippen LogP contribution in [-0.4, -0.2) is 42.0 Å². The van der Waals surface area contributed by atoms with E-state index in [0.717, 1.165) is 22.3 Å². The Morgan fingerprint density at radius 1 is 1.03 bits per heavy atom. The largest absolute Gasteiger partial charge is 0.460 e. The molecule has 3 rings (SSSR count). The van der Waals surface area contributed by atoms with Gasteiger partial charge in [0.15, 0.2) is 0 Å². The van der Waals surface area contributed by atoms with Crippen LogP contribution >= 0.6 is 0 Å². The molecule has 1 aliphatic carbocycles. The van der Waals surface area contributed by atoms with Gasteiger partial charge in [-0.3, -0.25) is 4.79 Å². The summed E-state index contributed by atoms with van der Waals surface area (Å²) in [4.78, 5) is 24.2. The molecule has 2 aromatic rings. The lowest BCUT2D eigenvalue weighted by molar-refractivity contribution is -0.155. The van der Waals surface area contributed by atoms with E-state index in [1.807, 2.05) is 24.3 Å². The maximum Gasteiger partial charge on any atom is 0.407 e. The highest BCUT2D eigenvalue weighted by atomic mass is 16.6. The van der Waals surface area contributed by atoms with Gasteiger partial charge in [-0.2, -0.15) is 0 Å². The van der Waals surface area contributed by atoms with Gasteiger partial charge in [0.05, 0.1) is 12.6 Å². The number of carbonyl (C=O) groups is 2. The maximum atomic E-state index is 12.3. The molecule has 0 saturated heterocycles. The number of fused-ring (bicyclic) bond motifs is 3. The minimum absolute atomic E-state index is 0.0301. The van der Waals surface area contributed by atoms with Gasteiger partial charge in [0.1, 0.15) is 12.2 Å². The Hall–Kier alpha value is -2.86. The lowest BCUT2D eigenvalue weighted by Gasteiger charge is -2.21. The topological polar surface area (TPSA) is 84.9 Å². The van der Waals surface area contributed by atoms with Crippen molar-refractivity contribution in [1.82, 2.24) is 5.32 Å². The fourth-order valence-electron chi connectivity index (χ4n) is 3.70. The van der Waals surface area contributed by atoms with Crippen LogP contribution in [0.25, 0.3) is 11.1 Å². The Kier molecular flexibility index (Phi) is 6.77. The average molecular weight is 411 g/mol. The van der Waals surface area contributed by atoms with Crippen molar-refractivity contribution >= 4 is 12.1 Å². The van der Waals surface area contributed by atoms with Crippen molar-refractivity contribution in [2.75, 3.05) is 13.2 Å². The average Bonchev–Trinajstić information content (AvgIpc) is 3.02. The van der Waals surface area contributed by atoms with E-state index in [-0.39, 0.29) is 37.9 Å². The lowest BCUT2D eigenvalue weighted by Crippen LogP contribution is -2.39. The fraction of sp³-hybridized carbons (Fsp3) is 0.417. The first-order valence-electron chi connectivity index (χ1n) is 10.2. The molecule has 0 saturated carbocycles. The molecule has 0 heterocycles. The molecule has 0 spiro atoms. The van der Waals surface area contributed by atoms with Gasteiger partial charge in [-0.1, -0.05) is 48.5 Å². The van der Waals surface area contributed by atoms with E-state index in [9.17, 15) is 14.7 Å². The summed E-state index contributed by atoms with van der Waals surface area (Å²) in [5.74, 6) is -0.396. The van der Waals surface area contributed by atoms with Gasteiger partial charge in [0.25, 0.3) is 0 Å². The van der Waals surface area contributed by atoms with Crippen molar-refractivity contribution in [3.63, 3.8) is 0 Å². The summed E-state index contributed by atoms with van der Waals surface area (Å²) >= 11 is 0. The van der Waals surface area contributed by atoms with Crippen molar-refractivity contribution in [3.05, 3.63) is 59.7 Å². The van der Waals surface area contributed by atoms with Crippen molar-refractivity contribution in [1.29, 1.82) is 0 Å². The third kappa shape index (κ3) is 5.39. The van der Waals surface area contributed by atoms with Gasteiger partial charge < -0.3 is 19.9 Å². The van der Waals surface area contributed by atoms with Crippen LogP contribution in [0, 0.1) is 0 Å². The Labute approximate surface area is 177 Å². The molecule has 0 fully saturated rings. The summed E-state index contributed by atoms with van der Waals surface area (Å²) in [5, 5.41) is 12.2. The number of aliphatic hydroxyl groups excluding tert-OH is 1. The number of hydrogen-bond donors (Lipinski definition) is 2. The monoisotopic (exact) mass is 411 g/mol. The molecule has 0 aromatic heterocycles. The molecule has 160 valence electrons. The molecule has 1 atom stereocenters. The number of hydrogen-bond acceptors (Lipinski definition) is 5. The molecule has 1 aliphatic rings. The second-order valence-electron chi connectivity index (χ2n) is 8.47. The number of rotatable bonds is 7. The van der Waals surface area contributed by atoms with E-state index in [1.165, 1.54) is 0 Å². The predicted molar refractivity (Wildman–Crippen MR) is 114 cm³/mol. The first-order chi connectivity index (χ1) is 14.3. The molecule has 2 N–H and O–H groups in total. The van der Waals surface area contributed by atoms with Crippen LogP contribution in [0.1, 0.15) is 50.7 Å². The summed E-state index contributed by atoms with van der Waals surface area (Å²) in [6.45, 7) is 5.30. The van der Waals surface area contributed by atoms with Crippen LogP contribution in [0.15, 0.2) is 48.5 Å². The molecular formula is C24H29NO5. The number of ether oxygens (including phenoxy) is 2. The normalized spacial score (nSPS) is 13.9. The van der Waals surface area contributed by atoms with E-state index in [1.54, 1.807) is 20.8 Å². The number of aliphatic hydroxyl groups is 1. The van der Waals surface area contributed by atoms with E-state index >= 15 is 0 Å². The van der Waals surface area contributed by atoms with E-state index in [4.69, 9.17) is 9.47 Å². The Bertz CT molecular complexity index is 857. The number of benzene rings is 2. The highest BCUT2D eigenvalue weighted by Crippen LogP contribution is 2.44. The summed E-state index contributed by atoms with van der Waals surface area (Å²) in [6, 6.07) is 15.7. The third-order valence-corrected chi connectivity index (χ3v) is 5.00. The van der Waals surface area contributed by atoms with Crippen LogP contribution in [0.5, 0.6) is 0 Å². The molecule has 0 bridgehead atoms. The van der Waals surface area contributed by atoms with Gasteiger partial charge in [-0.25, -0.2) is 4.79 Å². The van der Waals surface area contributed by atoms with Crippen LogP contribution in [0.2, 0.25) is 0 Å². The van der Waals surface area contributed by atoms with Crippen molar-refractivity contribution in [3.8, 4) is 11.1 Å². The molecular weight excluding hydrogens is 382 g/mol. The fourth-order valence-corrected chi connectivity index (χ4v) is 3.70. The molecule has 30 heavy (non-hydrogen) atoms. The van der Waals surface area contributed by atoms with Crippen LogP contribution in [0.3, 0.4) is 0 Å². The molecule has 6 heteroatoms. The standard InChI is InChI=1S/C24H29NO5/c1-24(2,3)30-22(27)13-12-16(14-26)25-23(28)29-15-21-19-10-6-4-8-17(19)18-9-5-7-11-20(18)21/h4-11,16,21,26H,12-15H2,1-3H3,(H,25,28)/t16-/m0/s1. The van der Waals surface area contributed by atoms with Gasteiger partial charge in [0.2, 0.25) is 0 Å². The van der Waals surface area contributed by atoms with Crippen molar-refractivity contribution in [2.24, 2.45) is 0 Å². The molecule has 6 nitrogen and oxygen atoms in total. The number of esters is 1. The summed E-state index contributed by atoms with van der Waals surface area (Å²) < 4.78 is 10.7. The van der Waals surface area contributed by atoms with Gasteiger partial charge in [-0.15, -0.1) is 0 Å². The minimum Gasteiger partial charge on any atom is -0.460 e. The second kappa shape index (κ2) is 9.30. The zero-order valence-electron chi connectivity index (χ0n) is 17.7. The molecule has 0 radical (unpaired) electrons. The van der Waals surface area contributed by atoms with Gasteiger partial charge in [0, 0.05) is 12.3 Å². The molecule has 1 amide bonds. The minimum atomic E-state index is -0.611. The van der Waals surface area contributed by atoms with Crippen LogP contribution in [-0.2, 0) is 14.3 Å². The third-order valence-electron chi connectivity index (χ3n) is 5.00. The zero-order valence-corrected chi connectivity index (χ0v) is 17.7. The molecule has 0 unspecified atom stereocenters. The van der Waals surface area contributed by atoms with Gasteiger partial charge >= 0.3 is 12.1 Å². The summed E-state index contributed by atoms with van der Waals surface area (Å²) in [6.07, 6.45) is -0.234. The highest BCUT2D eigenvalue weighted by molar-refractivity contribution is 5.79. The van der Waals surface area contributed by atoms with E-state index in [0.29, 0.717) is 0 Å². The van der Waals surface area contributed by atoms with Crippen LogP contribution in [0.4, 0.5) is 4.79 Å². The Morgan fingerprint density at radius 2 is 1.60 bits per heavy atom. The Morgan fingerprint density at radius 3 is 2.13 bits per heavy atom. The highest BCUT2D eigenvalue weighted by Gasteiger charge is 2.29. The number of carbonyl (C=O) groups excluding carboxylic acids is 2. The summed E-state index contributed by atoms with van der Waals surface area (Å²) in [5.41, 5.74) is 4.03. The smallest absolute Gasteiger partial charge is 0.407 e. The summed E-state index contributed by atoms with van der Waals surface area (Å²) in [7, 11) is 0. The van der Waals surface area contributed by atoms with Crippen LogP contribution < -0.4 is 5.32 Å². The second-order valence-corrected chi connectivity index (χ2v) is 8.47. The molecule has 0 aliphatic heterocycles. The zero-order chi connectivity index (χ0) is 21.7. The first-order valence-corrected chi connectivity index (χ1v) is 10.2. The number of alkyl carbamates (subject to hydrolysis) is 1. The molecule has 2 aromatic carbocycles.